The molecule has 0 bridgehead atoms. The topological polar surface area (TPSA) is 41.1 Å². The normalized spacial score (nSPS) is 18.2. The van der Waals surface area contributed by atoms with Crippen LogP contribution in [0.15, 0.2) is 12.7 Å². The predicted molar refractivity (Wildman–Crippen MR) is 53.4 cm³/mol. The highest BCUT2D eigenvalue weighted by atomic mass is 16.1. The van der Waals surface area contributed by atoms with Crippen molar-refractivity contribution in [2.75, 3.05) is 19.6 Å². The highest BCUT2D eigenvalue weighted by Gasteiger charge is 2.19. The lowest BCUT2D eigenvalue weighted by Gasteiger charge is -2.21. The molecule has 0 aromatic heterocycles. The Hall–Kier alpha value is -0.830. The second-order valence-electron chi connectivity index (χ2n) is 3.39. The predicted octanol–water partition coefficient (Wildman–Crippen LogP) is 0.678. The number of amides is 1. The fourth-order valence-electron chi connectivity index (χ4n) is 1.53. The average Bonchev–Trinajstić information content (AvgIpc) is 2.19. The fourth-order valence-corrected chi connectivity index (χ4v) is 1.53. The number of rotatable bonds is 4. The van der Waals surface area contributed by atoms with Gasteiger partial charge in [0.1, 0.15) is 0 Å². The Kier molecular flexibility index (Phi) is 4.54. The molecule has 13 heavy (non-hydrogen) atoms. The van der Waals surface area contributed by atoms with E-state index in [1.807, 2.05) is 6.08 Å². The Labute approximate surface area is 79.6 Å². The van der Waals surface area contributed by atoms with E-state index in [4.69, 9.17) is 0 Å². The smallest absolute Gasteiger partial charge is 0.223 e. The van der Waals surface area contributed by atoms with E-state index in [-0.39, 0.29) is 11.8 Å². The third-order valence-electron chi connectivity index (χ3n) is 2.36. The first-order valence-electron chi connectivity index (χ1n) is 4.94. The molecule has 2 N–H and O–H groups in total. The summed E-state index contributed by atoms with van der Waals surface area (Å²) in [4.78, 5) is 11.5. The van der Waals surface area contributed by atoms with Gasteiger partial charge in [-0.15, -0.1) is 6.58 Å². The maximum absolute atomic E-state index is 11.5. The van der Waals surface area contributed by atoms with Crippen molar-refractivity contribution in [1.29, 1.82) is 0 Å². The number of hydrogen-bond donors (Lipinski definition) is 2. The van der Waals surface area contributed by atoms with Crippen molar-refractivity contribution in [1.82, 2.24) is 10.6 Å². The summed E-state index contributed by atoms with van der Waals surface area (Å²) in [5.74, 6) is 0.439. The summed E-state index contributed by atoms with van der Waals surface area (Å²) in [6.07, 6.45) is 4.62. The molecule has 0 spiro atoms. The number of carbonyl (C=O) groups is 1. The van der Waals surface area contributed by atoms with Gasteiger partial charge in [0.05, 0.1) is 0 Å². The summed E-state index contributed by atoms with van der Waals surface area (Å²) < 4.78 is 0. The monoisotopic (exact) mass is 182 g/mol. The summed E-state index contributed by atoms with van der Waals surface area (Å²) in [5.41, 5.74) is 0. The van der Waals surface area contributed by atoms with Crippen molar-refractivity contribution in [3.05, 3.63) is 12.7 Å². The van der Waals surface area contributed by atoms with Crippen molar-refractivity contribution in [2.45, 2.75) is 19.3 Å². The summed E-state index contributed by atoms with van der Waals surface area (Å²) in [5, 5.41) is 6.16. The van der Waals surface area contributed by atoms with E-state index in [0.29, 0.717) is 0 Å². The first-order valence-corrected chi connectivity index (χ1v) is 4.94. The molecule has 3 heteroatoms. The Morgan fingerprint density at radius 3 is 2.85 bits per heavy atom. The number of carbonyl (C=O) groups excluding carboxylic acids is 1. The molecule has 74 valence electrons. The van der Waals surface area contributed by atoms with Crippen molar-refractivity contribution < 1.29 is 4.79 Å². The van der Waals surface area contributed by atoms with Crippen LogP contribution in [-0.2, 0) is 4.79 Å². The Morgan fingerprint density at radius 1 is 1.54 bits per heavy atom. The largest absolute Gasteiger partial charge is 0.356 e. The first-order chi connectivity index (χ1) is 6.34. The second kappa shape index (κ2) is 5.75. The molecule has 0 radical (unpaired) electrons. The Morgan fingerprint density at radius 2 is 2.23 bits per heavy atom. The van der Waals surface area contributed by atoms with Crippen LogP contribution < -0.4 is 10.6 Å². The van der Waals surface area contributed by atoms with Crippen molar-refractivity contribution in [3.63, 3.8) is 0 Å². The number of nitrogens with one attached hydrogen (secondary N) is 2. The van der Waals surface area contributed by atoms with E-state index in [1.165, 1.54) is 0 Å². The molecule has 0 aromatic carbocycles. The molecule has 0 aliphatic carbocycles. The van der Waals surface area contributed by atoms with Crippen molar-refractivity contribution in [3.8, 4) is 0 Å². The maximum Gasteiger partial charge on any atom is 0.223 e. The Bertz CT molecular complexity index is 174. The minimum Gasteiger partial charge on any atom is -0.356 e. The number of piperidine rings is 1. The lowest BCUT2D eigenvalue weighted by atomic mass is 9.97. The van der Waals surface area contributed by atoms with Crippen molar-refractivity contribution in [2.24, 2.45) is 5.92 Å². The zero-order chi connectivity index (χ0) is 9.52. The highest BCUT2D eigenvalue weighted by molar-refractivity contribution is 5.78. The third-order valence-corrected chi connectivity index (χ3v) is 2.36. The van der Waals surface area contributed by atoms with Crippen LogP contribution in [0.5, 0.6) is 0 Å². The van der Waals surface area contributed by atoms with Gasteiger partial charge in [0.25, 0.3) is 0 Å². The molecule has 1 fully saturated rings. The van der Waals surface area contributed by atoms with Gasteiger partial charge in [-0.1, -0.05) is 6.08 Å². The van der Waals surface area contributed by atoms with Gasteiger partial charge in [-0.05, 0) is 32.4 Å². The summed E-state index contributed by atoms with van der Waals surface area (Å²) in [7, 11) is 0. The van der Waals surface area contributed by atoms with Gasteiger partial charge in [0.2, 0.25) is 5.91 Å². The van der Waals surface area contributed by atoms with Gasteiger partial charge in [-0.25, -0.2) is 0 Å². The van der Waals surface area contributed by atoms with Gasteiger partial charge in [-0.2, -0.15) is 0 Å². The molecule has 0 unspecified atom stereocenters. The van der Waals surface area contributed by atoms with Crippen LogP contribution in [0.2, 0.25) is 0 Å². The number of hydrogen-bond acceptors (Lipinski definition) is 2. The second-order valence-corrected chi connectivity index (χ2v) is 3.39. The van der Waals surface area contributed by atoms with E-state index in [2.05, 4.69) is 17.2 Å². The zero-order valence-electron chi connectivity index (χ0n) is 8.01. The lowest BCUT2D eigenvalue weighted by Crippen LogP contribution is -2.38. The molecule has 0 aromatic rings. The minimum absolute atomic E-state index is 0.211. The van der Waals surface area contributed by atoms with Crippen LogP contribution in [-0.4, -0.2) is 25.5 Å². The van der Waals surface area contributed by atoms with E-state index in [9.17, 15) is 4.79 Å². The standard InChI is InChI=1S/C10H18N2O/c1-2-3-6-12-10(13)9-4-7-11-8-5-9/h2,9,11H,1,3-8H2,(H,12,13). The quantitative estimate of drug-likeness (QED) is 0.496. The summed E-state index contributed by atoms with van der Waals surface area (Å²) >= 11 is 0. The average molecular weight is 182 g/mol. The first kappa shape index (κ1) is 10.3. The van der Waals surface area contributed by atoms with Crippen LogP contribution in [0.1, 0.15) is 19.3 Å². The third kappa shape index (κ3) is 3.59. The molecule has 1 saturated heterocycles. The SMILES string of the molecule is C=CCCNC(=O)C1CCNCC1. The molecular weight excluding hydrogens is 164 g/mol. The van der Waals surface area contributed by atoms with E-state index in [0.717, 1.165) is 38.9 Å². The summed E-state index contributed by atoms with van der Waals surface area (Å²) in [6.45, 7) is 6.28. The minimum atomic E-state index is 0.211. The van der Waals surface area contributed by atoms with Crippen LogP contribution in [0.25, 0.3) is 0 Å². The van der Waals surface area contributed by atoms with Gasteiger partial charge >= 0.3 is 0 Å². The molecule has 1 aliphatic heterocycles. The van der Waals surface area contributed by atoms with Crippen LogP contribution in [0.4, 0.5) is 0 Å². The zero-order valence-corrected chi connectivity index (χ0v) is 8.01. The molecule has 1 heterocycles. The van der Waals surface area contributed by atoms with E-state index < -0.39 is 0 Å². The molecule has 1 rings (SSSR count). The summed E-state index contributed by atoms with van der Waals surface area (Å²) in [6, 6.07) is 0. The van der Waals surface area contributed by atoms with E-state index in [1.54, 1.807) is 0 Å². The van der Waals surface area contributed by atoms with Gasteiger partial charge in [0, 0.05) is 12.5 Å². The van der Waals surface area contributed by atoms with Crippen LogP contribution in [0, 0.1) is 5.92 Å². The lowest BCUT2D eigenvalue weighted by molar-refractivity contribution is -0.125. The molecule has 0 saturated carbocycles. The molecule has 1 aliphatic rings. The Balaban J connectivity index is 2.17. The van der Waals surface area contributed by atoms with Gasteiger partial charge in [0.15, 0.2) is 0 Å². The van der Waals surface area contributed by atoms with Gasteiger partial charge in [-0.3, -0.25) is 4.79 Å². The fraction of sp³-hybridized carbons (Fsp3) is 0.700. The molecule has 1 amide bonds. The highest BCUT2D eigenvalue weighted by Crippen LogP contribution is 2.10. The molecule has 0 atom stereocenters. The van der Waals surface area contributed by atoms with Gasteiger partial charge < -0.3 is 10.6 Å². The van der Waals surface area contributed by atoms with Crippen LogP contribution in [0.3, 0.4) is 0 Å². The van der Waals surface area contributed by atoms with Crippen LogP contribution >= 0.6 is 0 Å². The molecule has 3 nitrogen and oxygen atoms in total. The maximum atomic E-state index is 11.5. The molecular formula is C10H18N2O. The van der Waals surface area contributed by atoms with Crippen molar-refractivity contribution >= 4 is 5.91 Å². The van der Waals surface area contributed by atoms with E-state index >= 15 is 0 Å².